The number of carbonyl (C=O) groups excluding carboxylic acids is 1. The molecule has 0 atom stereocenters. The average molecular weight is 450 g/mol. The minimum atomic E-state index is -0.275. The van der Waals surface area contributed by atoms with Gasteiger partial charge in [-0.05, 0) is 49.8 Å². The first kappa shape index (κ1) is 22.6. The number of ether oxygens (including phenoxy) is 1. The van der Waals surface area contributed by atoms with Gasteiger partial charge in [-0.3, -0.25) is 4.68 Å². The summed E-state index contributed by atoms with van der Waals surface area (Å²) in [6.07, 6.45) is 6.60. The molecule has 1 aliphatic rings. The van der Waals surface area contributed by atoms with Gasteiger partial charge in [-0.15, -0.1) is 0 Å². The molecule has 33 heavy (non-hydrogen) atoms. The maximum atomic E-state index is 12.3. The molecule has 2 amide bonds. The Morgan fingerprint density at radius 3 is 2.88 bits per heavy atom. The van der Waals surface area contributed by atoms with Crippen molar-refractivity contribution in [1.29, 1.82) is 0 Å². The third-order valence-corrected chi connectivity index (χ3v) is 5.55. The fourth-order valence-corrected chi connectivity index (χ4v) is 3.69. The molecule has 0 bridgehead atoms. The van der Waals surface area contributed by atoms with Gasteiger partial charge >= 0.3 is 6.03 Å². The summed E-state index contributed by atoms with van der Waals surface area (Å²) in [4.78, 5) is 21.6. The number of anilines is 2. The standard InChI is InChI=1S/C24H31N7O2/c1-29-10-4-11-30(14-13-29)23-8-7-20(18-25-23)19-26-24(32)28-21-5-2-6-22(17-21)33-16-15-31-12-3-9-27-31/h2-3,5-9,12,17-18H,4,10-11,13-16,19H2,1H3,(H2,26,28,32). The lowest BCUT2D eigenvalue weighted by Crippen LogP contribution is -2.30. The lowest BCUT2D eigenvalue weighted by Gasteiger charge is -2.21. The average Bonchev–Trinajstić information content (AvgIpc) is 3.25. The molecule has 0 spiro atoms. The van der Waals surface area contributed by atoms with E-state index >= 15 is 0 Å². The summed E-state index contributed by atoms with van der Waals surface area (Å²) in [5.74, 6) is 1.68. The quantitative estimate of drug-likeness (QED) is 0.550. The van der Waals surface area contributed by atoms with Crippen LogP contribution in [0.15, 0.2) is 61.1 Å². The number of pyridine rings is 1. The van der Waals surface area contributed by atoms with Gasteiger partial charge in [0.15, 0.2) is 0 Å². The summed E-state index contributed by atoms with van der Waals surface area (Å²) in [6.45, 7) is 5.72. The number of hydrogen-bond donors (Lipinski definition) is 2. The number of aromatic nitrogens is 3. The van der Waals surface area contributed by atoms with E-state index in [0.717, 1.165) is 44.0 Å². The Bertz CT molecular complexity index is 1010. The molecular weight excluding hydrogens is 418 g/mol. The third-order valence-electron chi connectivity index (χ3n) is 5.55. The Labute approximate surface area is 194 Å². The molecule has 3 aromatic rings. The van der Waals surface area contributed by atoms with Crippen molar-refractivity contribution in [2.75, 3.05) is 50.1 Å². The fraction of sp³-hybridized carbons (Fsp3) is 0.375. The van der Waals surface area contributed by atoms with Crippen LogP contribution in [0, 0.1) is 0 Å². The van der Waals surface area contributed by atoms with Crippen LogP contribution in [0.3, 0.4) is 0 Å². The summed E-state index contributed by atoms with van der Waals surface area (Å²) in [5, 5.41) is 9.88. The predicted octanol–water partition coefficient (Wildman–Crippen LogP) is 2.82. The van der Waals surface area contributed by atoms with Crippen molar-refractivity contribution in [1.82, 2.24) is 25.0 Å². The second kappa shape index (κ2) is 11.3. The largest absolute Gasteiger partial charge is 0.492 e. The minimum absolute atomic E-state index is 0.275. The first-order valence-electron chi connectivity index (χ1n) is 11.3. The Kier molecular flexibility index (Phi) is 7.76. The summed E-state index contributed by atoms with van der Waals surface area (Å²) in [6, 6.07) is 13.0. The van der Waals surface area contributed by atoms with Crippen LogP contribution in [0.2, 0.25) is 0 Å². The van der Waals surface area contributed by atoms with E-state index in [1.807, 2.05) is 53.5 Å². The van der Waals surface area contributed by atoms with Crippen molar-refractivity contribution < 1.29 is 9.53 Å². The van der Waals surface area contributed by atoms with E-state index in [1.165, 1.54) is 0 Å². The summed E-state index contributed by atoms with van der Waals surface area (Å²) in [5.41, 5.74) is 1.63. The number of hydrogen-bond acceptors (Lipinski definition) is 6. The topological polar surface area (TPSA) is 87.5 Å². The van der Waals surface area contributed by atoms with Crippen LogP contribution in [0.1, 0.15) is 12.0 Å². The minimum Gasteiger partial charge on any atom is -0.492 e. The van der Waals surface area contributed by atoms with Crippen LogP contribution in [-0.2, 0) is 13.1 Å². The van der Waals surface area contributed by atoms with Crippen molar-refractivity contribution in [3.05, 3.63) is 66.6 Å². The number of nitrogens with zero attached hydrogens (tertiary/aromatic N) is 5. The van der Waals surface area contributed by atoms with Gasteiger partial charge in [0.2, 0.25) is 0 Å². The number of urea groups is 1. The molecule has 9 heteroatoms. The van der Waals surface area contributed by atoms with Crippen LogP contribution in [0.5, 0.6) is 5.75 Å². The number of nitrogens with one attached hydrogen (secondary N) is 2. The molecular formula is C24H31N7O2. The SMILES string of the molecule is CN1CCCN(c2ccc(CNC(=O)Nc3cccc(OCCn4cccn4)c3)cn2)CC1. The van der Waals surface area contributed by atoms with Gasteiger partial charge in [0.05, 0.1) is 6.54 Å². The van der Waals surface area contributed by atoms with Crippen molar-refractivity contribution >= 4 is 17.5 Å². The Hall–Kier alpha value is -3.59. The zero-order valence-corrected chi connectivity index (χ0v) is 19.0. The maximum absolute atomic E-state index is 12.3. The molecule has 0 radical (unpaired) electrons. The van der Waals surface area contributed by atoms with Gasteiger partial charge in [-0.1, -0.05) is 12.1 Å². The summed E-state index contributed by atoms with van der Waals surface area (Å²) in [7, 11) is 2.16. The number of carbonyl (C=O) groups is 1. The molecule has 2 N–H and O–H groups in total. The van der Waals surface area contributed by atoms with E-state index in [1.54, 1.807) is 12.3 Å². The van der Waals surface area contributed by atoms with Crippen LogP contribution in [0.25, 0.3) is 0 Å². The summed E-state index contributed by atoms with van der Waals surface area (Å²) >= 11 is 0. The molecule has 0 unspecified atom stereocenters. The van der Waals surface area contributed by atoms with Gasteiger partial charge in [0.1, 0.15) is 18.2 Å². The summed E-state index contributed by atoms with van der Waals surface area (Å²) < 4.78 is 7.57. The van der Waals surface area contributed by atoms with Crippen molar-refractivity contribution in [2.24, 2.45) is 0 Å². The molecule has 3 heterocycles. The molecule has 2 aromatic heterocycles. The number of likely N-dealkylation sites (N-methyl/N-ethyl adjacent to an activating group) is 1. The highest BCUT2D eigenvalue weighted by atomic mass is 16.5. The first-order valence-corrected chi connectivity index (χ1v) is 11.3. The highest BCUT2D eigenvalue weighted by molar-refractivity contribution is 5.89. The van der Waals surface area contributed by atoms with Crippen LogP contribution >= 0.6 is 0 Å². The zero-order valence-electron chi connectivity index (χ0n) is 19.0. The lowest BCUT2D eigenvalue weighted by atomic mass is 10.2. The van der Waals surface area contributed by atoms with Gasteiger partial charge in [0.25, 0.3) is 0 Å². The van der Waals surface area contributed by atoms with Gasteiger partial charge in [-0.2, -0.15) is 5.10 Å². The molecule has 9 nitrogen and oxygen atoms in total. The van der Waals surface area contributed by atoms with Crippen molar-refractivity contribution in [3.8, 4) is 5.75 Å². The number of amides is 2. The van der Waals surface area contributed by atoms with Crippen LogP contribution < -0.4 is 20.3 Å². The first-order chi connectivity index (χ1) is 16.2. The monoisotopic (exact) mass is 449 g/mol. The van der Waals surface area contributed by atoms with Crippen LogP contribution in [0.4, 0.5) is 16.3 Å². The molecule has 1 saturated heterocycles. The highest BCUT2D eigenvalue weighted by Gasteiger charge is 2.13. The Morgan fingerprint density at radius 1 is 1.12 bits per heavy atom. The van der Waals surface area contributed by atoms with E-state index in [0.29, 0.717) is 31.1 Å². The molecule has 0 saturated carbocycles. The Balaban J connectivity index is 1.22. The predicted molar refractivity (Wildman–Crippen MR) is 129 cm³/mol. The van der Waals surface area contributed by atoms with Gasteiger partial charge in [-0.25, -0.2) is 9.78 Å². The highest BCUT2D eigenvalue weighted by Crippen LogP contribution is 2.18. The second-order valence-corrected chi connectivity index (χ2v) is 8.12. The van der Waals surface area contributed by atoms with Gasteiger partial charge < -0.3 is 25.2 Å². The second-order valence-electron chi connectivity index (χ2n) is 8.12. The maximum Gasteiger partial charge on any atom is 0.319 e. The van der Waals surface area contributed by atoms with E-state index in [4.69, 9.17) is 4.74 Å². The lowest BCUT2D eigenvalue weighted by molar-refractivity contribution is 0.251. The number of rotatable bonds is 8. The fourth-order valence-electron chi connectivity index (χ4n) is 3.69. The normalized spacial score (nSPS) is 14.5. The molecule has 1 aliphatic heterocycles. The zero-order chi connectivity index (χ0) is 22.9. The molecule has 1 fully saturated rings. The van der Waals surface area contributed by atoms with Gasteiger partial charge in [0, 0.05) is 56.5 Å². The smallest absolute Gasteiger partial charge is 0.319 e. The van der Waals surface area contributed by atoms with Crippen molar-refractivity contribution in [3.63, 3.8) is 0 Å². The van der Waals surface area contributed by atoms with E-state index in [9.17, 15) is 4.79 Å². The molecule has 4 rings (SSSR count). The third kappa shape index (κ3) is 6.95. The molecule has 0 aliphatic carbocycles. The van der Waals surface area contributed by atoms with Crippen LogP contribution in [-0.4, -0.2) is 65.5 Å². The van der Waals surface area contributed by atoms with Crippen molar-refractivity contribution in [2.45, 2.75) is 19.5 Å². The molecule has 174 valence electrons. The molecule has 1 aromatic carbocycles. The van der Waals surface area contributed by atoms with E-state index < -0.39 is 0 Å². The Morgan fingerprint density at radius 2 is 2.06 bits per heavy atom. The van der Waals surface area contributed by atoms with E-state index in [-0.39, 0.29) is 6.03 Å². The van der Waals surface area contributed by atoms with E-state index in [2.05, 4.69) is 37.6 Å². The number of benzene rings is 1.